The SMILES string of the molecule is Cc1noc(C)c1S(=O)(=O)N1CCC[C@@H](C(=O)N(C)[C@@H](C)C2(C)CC2)C1. The quantitative estimate of drug-likeness (QED) is 0.779. The highest BCUT2D eigenvalue weighted by Gasteiger charge is 2.46. The second-order valence-corrected chi connectivity index (χ2v) is 10.0. The van der Waals surface area contributed by atoms with Gasteiger partial charge in [0, 0.05) is 26.2 Å². The maximum Gasteiger partial charge on any atom is 0.248 e. The molecule has 0 unspecified atom stereocenters. The highest BCUT2D eigenvalue weighted by Crippen LogP contribution is 2.49. The number of nitrogens with zero attached hydrogens (tertiary/aromatic N) is 3. The molecule has 1 aromatic heterocycles. The van der Waals surface area contributed by atoms with Crippen LogP contribution in [-0.4, -0.2) is 54.9 Å². The van der Waals surface area contributed by atoms with E-state index >= 15 is 0 Å². The topological polar surface area (TPSA) is 83.7 Å². The van der Waals surface area contributed by atoms with E-state index in [2.05, 4.69) is 19.0 Å². The Bertz CT molecular complexity index is 778. The number of carbonyl (C=O) groups excluding carboxylic acids is 1. The first kappa shape index (κ1) is 19.4. The first-order valence-electron chi connectivity index (χ1n) is 9.27. The van der Waals surface area contributed by atoms with Gasteiger partial charge in [-0.15, -0.1) is 0 Å². The Morgan fingerprint density at radius 2 is 2.04 bits per heavy atom. The highest BCUT2D eigenvalue weighted by atomic mass is 32.2. The molecule has 1 aliphatic heterocycles. The molecule has 7 nitrogen and oxygen atoms in total. The van der Waals surface area contributed by atoms with E-state index in [1.54, 1.807) is 13.8 Å². The van der Waals surface area contributed by atoms with Gasteiger partial charge < -0.3 is 9.42 Å². The van der Waals surface area contributed by atoms with Crippen molar-refractivity contribution in [3.63, 3.8) is 0 Å². The van der Waals surface area contributed by atoms with Crippen molar-refractivity contribution in [2.45, 2.75) is 64.3 Å². The van der Waals surface area contributed by atoms with Gasteiger partial charge >= 0.3 is 0 Å². The number of piperidine rings is 1. The molecule has 0 aromatic carbocycles. The Balaban J connectivity index is 1.76. The first-order valence-corrected chi connectivity index (χ1v) is 10.7. The van der Waals surface area contributed by atoms with E-state index in [1.807, 2.05) is 11.9 Å². The van der Waals surface area contributed by atoms with Crippen molar-refractivity contribution in [1.29, 1.82) is 0 Å². The normalized spacial score (nSPS) is 24.3. The summed E-state index contributed by atoms with van der Waals surface area (Å²) in [7, 11) is -1.86. The summed E-state index contributed by atoms with van der Waals surface area (Å²) in [6.45, 7) is 8.17. The molecule has 2 aliphatic rings. The summed E-state index contributed by atoms with van der Waals surface area (Å²) < 4.78 is 32.5. The number of aryl methyl sites for hydroxylation is 2. The molecular formula is C18H29N3O4S. The Morgan fingerprint density at radius 3 is 2.58 bits per heavy atom. The lowest BCUT2D eigenvalue weighted by Gasteiger charge is -2.36. The van der Waals surface area contributed by atoms with E-state index in [-0.39, 0.29) is 34.7 Å². The summed E-state index contributed by atoms with van der Waals surface area (Å²) in [5.41, 5.74) is 0.574. The van der Waals surface area contributed by atoms with Crippen molar-refractivity contribution in [3.8, 4) is 0 Å². The van der Waals surface area contributed by atoms with Gasteiger partial charge in [0.25, 0.3) is 0 Å². The highest BCUT2D eigenvalue weighted by molar-refractivity contribution is 7.89. The molecule has 26 heavy (non-hydrogen) atoms. The molecule has 1 aromatic rings. The summed E-state index contributed by atoms with van der Waals surface area (Å²) >= 11 is 0. The van der Waals surface area contributed by atoms with Crippen LogP contribution >= 0.6 is 0 Å². The molecule has 0 N–H and O–H groups in total. The Hall–Kier alpha value is -1.41. The summed E-state index contributed by atoms with van der Waals surface area (Å²) in [5.74, 6) is 0.0430. The van der Waals surface area contributed by atoms with E-state index in [0.29, 0.717) is 24.4 Å². The van der Waals surface area contributed by atoms with Crippen molar-refractivity contribution in [1.82, 2.24) is 14.4 Å². The molecule has 2 fully saturated rings. The molecule has 0 radical (unpaired) electrons. The van der Waals surface area contributed by atoms with Crippen LogP contribution < -0.4 is 0 Å². The zero-order valence-electron chi connectivity index (χ0n) is 16.3. The fourth-order valence-corrected chi connectivity index (χ4v) is 5.71. The van der Waals surface area contributed by atoms with E-state index in [9.17, 15) is 13.2 Å². The van der Waals surface area contributed by atoms with Crippen molar-refractivity contribution in [2.75, 3.05) is 20.1 Å². The molecule has 1 amide bonds. The van der Waals surface area contributed by atoms with Gasteiger partial charge in [-0.25, -0.2) is 8.42 Å². The molecule has 8 heteroatoms. The number of aromatic nitrogens is 1. The number of rotatable bonds is 5. The van der Waals surface area contributed by atoms with Crippen LogP contribution in [0.15, 0.2) is 9.42 Å². The van der Waals surface area contributed by atoms with Crippen molar-refractivity contribution < 1.29 is 17.7 Å². The van der Waals surface area contributed by atoms with Crippen molar-refractivity contribution in [3.05, 3.63) is 11.5 Å². The number of hydrogen-bond acceptors (Lipinski definition) is 5. The minimum absolute atomic E-state index is 0.0456. The van der Waals surface area contributed by atoms with Crippen LogP contribution in [0.5, 0.6) is 0 Å². The lowest BCUT2D eigenvalue weighted by molar-refractivity contribution is -0.138. The monoisotopic (exact) mass is 383 g/mol. The van der Waals surface area contributed by atoms with Gasteiger partial charge in [-0.05, 0) is 51.9 Å². The van der Waals surface area contributed by atoms with Crippen LogP contribution in [0.25, 0.3) is 0 Å². The maximum atomic E-state index is 13.0. The van der Waals surface area contributed by atoms with Crippen molar-refractivity contribution >= 4 is 15.9 Å². The smallest absolute Gasteiger partial charge is 0.248 e. The van der Waals surface area contributed by atoms with Gasteiger partial charge in [-0.3, -0.25) is 4.79 Å². The van der Waals surface area contributed by atoms with Gasteiger partial charge in [0.1, 0.15) is 10.6 Å². The fourth-order valence-electron chi connectivity index (χ4n) is 3.90. The molecule has 1 saturated carbocycles. The number of hydrogen-bond donors (Lipinski definition) is 0. The van der Waals surface area contributed by atoms with Crippen LogP contribution in [0.4, 0.5) is 0 Å². The largest absolute Gasteiger partial charge is 0.360 e. The van der Waals surface area contributed by atoms with E-state index in [4.69, 9.17) is 4.52 Å². The predicted octanol–water partition coefficient (Wildman–Crippen LogP) is 2.34. The molecule has 146 valence electrons. The second kappa shape index (κ2) is 6.64. The molecular weight excluding hydrogens is 354 g/mol. The second-order valence-electron chi connectivity index (χ2n) is 8.13. The van der Waals surface area contributed by atoms with E-state index < -0.39 is 10.0 Å². The van der Waals surface area contributed by atoms with Crippen molar-refractivity contribution in [2.24, 2.45) is 11.3 Å². The third-order valence-corrected chi connectivity index (χ3v) is 8.39. The molecule has 1 aliphatic carbocycles. The average molecular weight is 384 g/mol. The summed E-state index contributed by atoms with van der Waals surface area (Å²) in [6.07, 6.45) is 3.69. The van der Waals surface area contributed by atoms with E-state index in [0.717, 1.165) is 19.3 Å². The predicted molar refractivity (Wildman–Crippen MR) is 97.0 cm³/mol. The van der Waals surface area contributed by atoms with Crippen LogP contribution in [0.2, 0.25) is 0 Å². The zero-order chi connectivity index (χ0) is 19.3. The third-order valence-electron chi connectivity index (χ3n) is 6.27. The Morgan fingerprint density at radius 1 is 1.38 bits per heavy atom. The fraction of sp³-hybridized carbons (Fsp3) is 0.778. The lowest BCUT2D eigenvalue weighted by Crippen LogP contribution is -2.49. The van der Waals surface area contributed by atoms with Crippen LogP contribution in [-0.2, 0) is 14.8 Å². The van der Waals surface area contributed by atoms with Gasteiger partial charge in [0.15, 0.2) is 5.76 Å². The molecule has 2 heterocycles. The van der Waals surface area contributed by atoms with Gasteiger partial charge in [-0.2, -0.15) is 4.31 Å². The standard InChI is InChI=1S/C18H29N3O4S/c1-12-16(13(2)25-19-12)26(23,24)21-10-6-7-15(11-21)17(22)20(5)14(3)18(4)8-9-18/h14-15H,6-11H2,1-5H3/t14-,15+/m0/s1. The Labute approximate surface area is 155 Å². The average Bonchev–Trinajstić information content (AvgIpc) is 3.27. The van der Waals surface area contributed by atoms with Gasteiger partial charge in [-0.1, -0.05) is 12.1 Å². The molecule has 3 rings (SSSR count). The minimum Gasteiger partial charge on any atom is -0.360 e. The maximum absolute atomic E-state index is 13.0. The van der Waals surface area contributed by atoms with E-state index in [1.165, 1.54) is 4.31 Å². The molecule has 0 spiro atoms. The van der Waals surface area contributed by atoms with Crippen LogP contribution in [0.3, 0.4) is 0 Å². The minimum atomic E-state index is -3.70. The van der Waals surface area contributed by atoms with Gasteiger partial charge in [0.2, 0.25) is 15.9 Å². The Kier molecular flexibility index (Phi) is 4.94. The van der Waals surface area contributed by atoms with Gasteiger partial charge in [0.05, 0.1) is 5.92 Å². The third kappa shape index (κ3) is 3.29. The van der Waals surface area contributed by atoms with Crippen LogP contribution in [0.1, 0.15) is 51.0 Å². The molecule has 1 saturated heterocycles. The molecule has 2 atom stereocenters. The van der Waals surface area contributed by atoms with Crippen LogP contribution in [0, 0.1) is 25.2 Å². The summed E-state index contributed by atoms with van der Waals surface area (Å²) in [4.78, 5) is 14.9. The zero-order valence-corrected chi connectivity index (χ0v) is 17.1. The number of sulfonamides is 1. The first-order chi connectivity index (χ1) is 12.1. The number of carbonyl (C=O) groups is 1. The summed E-state index contributed by atoms with van der Waals surface area (Å²) in [6, 6.07) is 0.171. The lowest BCUT2D eigenvalue weighted by atomic mass is 9.94. The molecule has 0 bridgehead atoms. The summed E-state index contributed by atoms with van der Waals surface area (Å²) in [5, 5.41) is 3.76. The number of amides is 1.